The molecule has 1 saturated heterocycles. The predicted molar refractivity (Wildman–Crippen MR) is 34.9 cm³/mol. The lowest BCUT2D eigenvalue weighted by molar-refractivity contribution is 0.132. The van der Waals surface area contributed by atoms with Gasteiger partial charge >= 0.3 is 0 Å². The summed E-state index contributed by atoms with van der Waals surface area (Å²) in [5.41, 5.74) is 0. The van der Waals surface area contributed by atoms with Gasteiger partial charge in [-0.05, 0) is 0 Å². The molecule has 1 fully saturated rings. The van der Waals surface area contributed by atoms with E-state index in [-0.39, 0.29) is 6.61 Å². The Morgan fingerprint density at radius 2 is 2.00 bits per heavy atom. The van der Waals surface area contributed by atoms with Gasteiger partial charge in [0.15, 0.2) is 0 Å². The van der Waals surface area contributed by atoms with Crippen LogP contribution in [-0.4, -0.2) is 44.2 Å². The van der Waals surface area contributed by atoms with Crippen molar-refractivity contribution in [2.75, 3.05) is 39.3 Å². The third-order valence-corrected chi connectivity index (χ3v) is 1.62. The Hall–Kier alpha value is -0.120. The molecule has 9 heavy (non-hydrogen) atoms. The largest absolute Gasteiger partial charge is 0.314 e. The van der Waals surface area contributed by atoms with Crippen LogP contribution in [0.15, 0.2) is 0 Å². The molecule has 3 nitrogen and oxygen atoms in total. The summed E-state index contributed by atoms with van der Waals surface area (Å²) in [5, 5.41) is 13.4. The Labute approximate surface area is 55.7 Å². The molecule has 0 atom stereocenters. The zero-order valence-electron chi connectivity index (χ0n) is 5.60. The molecule has 0 aromatic heterocycles. The van der Waals surface area contributed by atoms with E-state index in [1.54, 1.807) is 0 Å². The number of nitrogens with one attached hydrogen (secondary N) is 1. The molecule has 0 amide bonds. The lowest BCUT2D eigenvalue weighted by Gasteiger charge is -2.25. The topological polar surface area (TPSA) is 35.2 Å². The lowest BCUT2D eigenvalue weighted by Crippen LogP contribution is -2.44. The van der Waals surface area contributed by atoms with Crippen molar-refractivity contribution in [1.29, 1.82) is 0 Å². The molecule has 3 heteroatoms. The van der Waals surface area contributed by atoms with Gasteiger partial charge in [0.1, 0.15) is 0 Å². The van der Waals surface area contributed by atoms with Gasteiger partial charge in [0, 0.05) is 32.7 Å². The van der Waals surface area contributed by atoms with Crippen molar-refractivity contribution in [3.8, 4) is 0 Å². The minimum atomic E-state index is 0.0417. The molecule has 1 N–H and O–H groups in total. The van der Waals surface area contributed by atoms with Crippen LogP contribution in [0.25, 0.3) is 0 Å². The van der Waals surface area contributed by atoms with Crippen molar-refractivity contribution in [2.45, 2.75) is 0 Å². The van der Waals surface area contributed by atoms with Crippen LogP contribution in [0, 0.1) is 0 Å². The van der Waals surface area contributed by atoms with Gasteiger partial charge in [0.05, 0.1) is 6.61 Å². The highest BCUT2D eigenvalue weighted by molar-refractivity contribution is 4.66. The Morgan fingerprint density at radius 3 is 2.56 bits per heavy atom. The Morgan fingerprint density at radius 1 is 1.33 bits per heavy atom. The molecule has 1 aliphatic heterocycles. The molecule has 1 heterocycles. The third kappa shape index (κ3) is 2.30. The molecule has 1 aliphatic rings. The van der Waals surface area contributed by atoms with Crippen molar-refractivity contribution in [3.05, 3.63) is 0 Å². The maximum atomic E-state index is 10.1. The van der Waals surface area contributed by atoms with Gasteiger partial charge in [-0.25, -0.2) is 5.11 Å². The molecule has 0 aromatic carbocycles. The molecular formula is C6H13N2O. The third-order valence-electron chi connectivity index (χ3n) is 1.62. The molecule has 53 valence electrons. The average molecular weight is 129 g/mol. The summed E-state index contributed by atoms with van der Waals surface area (Å²) < 4.78 is 0. The van der Waals surface area contributed by atoms with E-state index in [0.29, 0.717) is 0 Å². The second kappa shape index (κ2) is 3.82. The second-order valence-electron chi connectivity index (χ2n) is 2.30. The van der Waals surface area contributed by atoms with E-state index in [9.17, 15) is 5.11 Å². The summed E-state index contributed by atoms with van der Waals surface area (Å²) in [6.45, 7) is 4.94. The van der Waals surface area contributed by atoms with Gasteiger partial charge in [0.2, 0.25) is 0 Å². The zero-order valence-corrected chi connectivity index (χ0v) is 5.60. The minimum absolute atomic E-state index is 0.0417. The summed E-state index contributed by atoms with van der Waals surface area (Å²) >= 11 is 0. The summed E-state index contributed by atoms with van der Waals surface area (Å²) in [5.74, 6) is 0. The highest BCUT2D eigenvalue weighted by Crippen LogP contribution is 1.89. The van der Waals surface area contributed by atoms with E-state index in [4.69, 9.17) is 0 Å². The van der Waals surface area contributed by atoms with Crippen LogP contribution in [0.4, 0.5) is 0 Å². The van der Waals surface area contributed by atoms with E-state index in [1.165, 1.54) is 0 Å². The van der Waals surface area contributed by atoms with Crippen LogP contribution < -0.4 is 5.32 Å². The predicted octanol–water partition coefficient (Wildman–Crippen LogP) is -0.678. The Balaban J connectivity index is 2.08. The lowest BCUT2D eigenvalue weighted by atomic mass is 10.4. The zero-order chi connectivity index (χ0) is 6.53. The van der Waals surface area contributed by atoms with Crippen molar-refractivity contribution in [2.24, 2.45) is 0 Å². The Bertz CT molecular complexity index is 68.7. The first kappa shape index (κ1) is 6.99. The first-order valence-corrected chi connectivity index (χ1v) is 3.44. The van der Waals surface area contributed by atoms with Gasteiger partial charge in [-0.3, -0.25) is 4.90 Å². The number of hydrogen-bond donors (Lipinski definition) is 1. The molecule has 0 unspecified atom stereocenters. The van der Waals surface area contributed by atoms with Crippen LogP contribution in [0.5, 0.6) is 0 Å². The molecule has 0 saturated carbocycles. The molecule has 1 rings (SSSR count). The van der Waals surface area contributed by atoms with Gasteiger partial charge in [0.25, 0.3) is 0 Å². The monoisotopic (exact) mass is 129 g/mol. The average Bonchev–Trinajstić information content (AvgIpc) is 1.91. The Kier molecular flexibility index (Phi) is 2.97. The van der Waals surface area contributed by atoms with Crippen LogP contribution in [-0.2, 0) is 5.11 Å². The SMILES string of the molecule is [O]CCN1CCNCC1. The second-order valence-corrected chi connectivity index (χ2v) is 2.30. The normalized spacial score (nSPS) is 22.3. The summed E-state index contributed by atoms with van der Waals surface area (Å²) in [7, 11) is 0. The van der Waals surface area contributed by atoms with Gasteiger partial charge in [-0.2, -0.15) is 0 Å². The summed E-state index contributed by atoms with van der Waals surface area (Å²) in [6, 6.07) is 0. The fourth-order valence-corrected chi connectivity index (χ4v) is 1.06. The molecule has 0 spiro atoms. The number of rotatable bonds is 2. The summed E-state index contributed by atoms with van der Waals surface area (Å²) in [4.78, 5) is 2.20. The maximum absolute atomic E-state index is 10.1. The number of nitrogens with zero attached hydrogens (tertiary/aromatic N) is 1. The van der Waals surface area contributed by atoms with E-state index < -0.39 is 0 Å². The molecule has 1 radical (unpaired) electrons. The highest BCUT2D eigenvalue weighted by atomic mass is 16.3. The van der Waals surface area contributed by atoms with E-state index in [1.807, 2.05) is 0 Å². The fourth-order valence-electron chi connectivity index (χ4n) is 1.06. The van der Waals surface area contributed by atoms with Crippen LogP contribution in [0.2, 0.25) is 0 Å². The standard InChI is InChI=1S/C6H13N2O/c9-6-5-8-3-1-7-2-4-8/h7H,1-6H2. The van der Waals surface area contributed by atoms with Gasteiger partial charge in [-0.1, -0.05) is 0 Å². The van der Waals surface area contributed by atoms with Crippen molar-refractivity contribution in [3.63, 3.8) is 0 Å². The molecule has 0 aromatic rings. The highest BCUT2D eigenvalue weighted by Gasteiger charge is 2.07. The first-order valence-electron chi connectivity index (χ1n) is 3.44. The first-order chi connectivity index (χ1) is 4.43. The molecule has 0 aliphatic carbocycles. The van der Waals surface area contributed by atoms with Crippen molar-refractivity contribution >= 4 is 0 Å². The number of hydrogen-bond acceptors (Lipinski definition) is 2. The smallest absolute Gasteiger partial charge is 0.0949 e. The van der Waals surface area contributed by atoms with E-state index in [2.05, 4.69) is 10.2 Å². The molecular weight excluding hydrogens is 116 g/mol. The van der Waals surface area contributed by atoms with E-state index in [0.717, 1.165) is 32.7 Å². The van der Waals surface area contributed by atoms with Gasteiger partial charge in [-0.15, -0.1) is 0 Å². The van der Waals surface area contributed by atoms with Crippen molar-refractivity contribution < 1.29 is 5.11 Å². The van der Waals surface area contributed by atoms with Crippen LogP contribution in [0.1, 0.15) is 0 Å². The fraction of sp³-hybridized carbons (Fsp3) is 1.00. The quantitative estimate of drug-likeness (QED) is 0.536. The van der Waals surface area contributed by atoms with Gasteiger partial charge < -0.3 is 5.32 Å². The number of piperazine rings is 1. The van der Waals surface area contributed by atoms with Crippen molar-refractivity contribution in [1.82, 2.24) is 10.2 Å². The van der Waals surface area contributed by atoms with E-state index >= 15 is 0 Å². The summed E-state index contributed by atoms with van der Waals surface area (Å²) in [6.07, 6.45) is 0. The van der Waals surface area contributed by atoms with Crippen LogP contribution >= 0.6 is 0 Å². The maximum Gasteiger partial charge on any atom is 0.0949 e. The minimum Gasteiger partial charge on any atom is -0.314 e. The van der Waals surface area contributed by atoms with Crippen LogP contribution in [0.3, 0.4) is 0 Å². The molecule has 0 bridgehead atoms.